The second-order valence-corrected chi connectivity index (χ2v) is 4.02. The molecule has 18 heavy (non-hydrogen) atoms. The van der Waals surface area contributed by atoms with Gasteiger partial charge in [0.15, 0.2) is 5.82 Å². The van der Waals surface area contributed by atoms with Crippen molar-refractivity contribution >= 4 is 17.0 Å². The number of aromatic nitrogens is 3. The summed E-state index contributed by atoms with van der Waals surface area (Å²) in [5, 5.41) is 0. The number of nitrogens with zero attached hydrogens (tertiary/aromatic N) is 3. The predicted molar refractivity (Wildman–Crippen MR) is 67.4 cm³/mol. The first kappa shape index (κ1) is 10.7. The first-order valence-corrected chi connectivity index (χ1v) is 5.55. The van der Waals surface area contributed by atoms with Crippen molar-refractivity contribution in [3.05, 3.63) is 54.1 Å². The van der Waals surface area contributed by atoms with Gasteiger partial charge in [0.05, 0.1) is 12.1 Å². The van der Waals surface area contributed by atoms with Crippen molar-refractivity contribution in [1.29, 1.82) is 0 Å². The zero-order valence-corrected chi connectivity index (χ0v) is 9.55. The first-order valence-electron chi connectivity index (χ1n) is 5.55. The molecule has 0 amide bonds. The van der Waals surface area contributed by atoms with Crippen molar-refractivity contribution in [3.63, 3.8) is 0 Å². The zero-order valence-electron chi connectivity index (χ0n) is 9.55. The molecule has 0 aliphatic rings. The fourth-order valence-corrected chi connectivity index (χ4v) is 1.97. The molecule has 0 saturated heterocycles. The molecule has 0 atom stereocenters. The van der Waals surface area contributed by atoms with Crippen LogP contribution in [-0.2, 0) is 6.54 Å². The summed E-state index contributed by atoms with van der Waals surface area (Å²) < 4.78 is 15.3. The lowest BCUT2D eigenvalue weighted by Gasteiger charge is -2.05. The summed E-state index contributed by atoms with van der Waals surface area (Å²) >= 11 is 0. The average Bonchev–Trinajstić information content (AvgIpc) is 2.70. The van der Waals surface area contributed by atoms with Crippen molar-refractivity contribution in [2.24, 2.45) is 0 Å². The van der Waals surface area contributed by atoms with Crippen LogP contribution < -0.4 is 5.73 Å². The summed E-state index contributed by atoms with van der Waals surface area (Å²) in [7, 11) is 0. The van der Waals surface area contributed by atoms with Crippen LogP contribution in [0.5, 0.6) is 0 Å². The molecule has 2 aromatic heterocycles. The molecule has 0 spiro atoms. The third kappa shape index (κ3) is 1.69. The predicted octanol–water partition coefficient (Wildman–Crippen LogP) is 2.20. The number of para-hydroxylation sites is 1. The third-order valence-electron chi connectivity index (χ3n) is 2.82. The fraction of sp³-hybridized carbons (Fsp3) is 0.0769. The van der Waals surface area contributed by atoms with E-state index in [0.717, 1.165) is 5.56 Å². The van der Waals surface area contributed by atoms with Gasteiger partial charge in [-0.05, 0) is 23.8 Å². The lowest BCUT2D eigenvalue weighted by atomic mass is 10.2. The van der Waals surface area contributed by atoms with E-state index in [2.05, 4.69) is 9.97 Å². The first-order chi connectivity index (χ1) is 8.75. The second kappa shape index (κ2) is 4.10. The number of nitrogens with two attached hydrogens (primary N) is 1. The molecule has 2 heterocycles. The smallest absolute Gasteiger partial charge is 0.201 e. The van der Waals surface area contributed by atoms with Crippen molar-refractivity contribution in [3.8, 4) is 0 Å². The third-order valence-corrected chi connectivity index (χ3v) is 2.82. The minimum absolute atomic E-state index is 0.305. The van der Waals surface area contributed by atoms with Gasteiger partial charge in [0.25, 0.3) is 0 Å². The molecule has 4 nitrogen and oxygen atoms in total. The number of anilines is 1. The molecule has 0 aliphatic heterocycles. The van der Waals surface area contributed by atoms with Gasteiger partial charge in [0, 0.05) is 12.4 Å². The Bertz CT molecular complexity index is 691. The molecule has 0 unspecified atom stereocenters. The number of benzene rings is 1. The van der Waals surface area contributed by atoms with Crippen LogP contribution in [0.2, 0.25) is 0 Å². The van der Waals surface area contributed by atoms with E-state index in [0.29, 0.717) is 23.5 Å². The number of hydrogen-bond acceptors (Lipinski definition) is 3. The molecule has 0 fully saturated rings. The monoisotopic (exact) mass is 242 g/mol. The van der Waals surface area contributed by atoms with E-state index >= 15 is 0 Å². The number of hydrogen-bond donors (Lipinski definition) is 1. The maximum atomic E-state index is 13.6. The minimum Gasteiger partial charge on any atom is -0.369 e. The quantitative estimate of drug-likeness (QED) is 0.749. The van der Waals surface area contributed by atoms with Gasteiger partial charge in [-0.1, -0.05) is 12.1 Å². The molecule has 5 heteroatoms. The normalized spacial score (nSPS) is 10.9. The molecule has 90 valence electrons. The number of imidazole rings is 1. The lowest BCUT2D eigenvalue weighted by Crippen LogP contribution is -2.04. The van der Waals surface area contributed by atoms with Gasteiger partial charge in [0.1, 0.15) is 5.52 Å². The zero-order chi connectivity index (χ0) is 12.5. The maximum absolute atomic E-state index is 13.6. The van der Waals surface area contributed by atoms with Gasteiger partial charge in [0.2, 0.25) is 5.95 Å². The highest BCUT2D eigenvalue weighted by molar-refractivity contribution is 5.79. The largest absolute Gasteiger partial charge is 0.369 e. The van der Waals surface area contributed by atoms with E-state index in [1.807, 2.05) is 12.1 Å². The summed E-state index contributed by atoms with van der Waals surface area (Å²) in [6.07, 6.45) is 3.46. The van der Waals surface area contributed by atoms with Crippen molar-refractivity contribution < 1.29 is 4.39 Å². The summed E-state index contributed by atoms with van der Waals surface area (Å²) in [5.41, 5.74) is 7.82. The van der Waals surface area contributed by atoms with Crippen LogP contribution in [0, 0.1) is 5.82 Å². The Morgan fingerprint density at radius 1 is 1.22 bits per heavy atom. The van der Waals surface area contributed by atoms with Gasteiger partial charge >= 0.3 is 0 Å². The number of fused-ring (bicyclic) bond motifs is 1. The van der Waals surface area contributed by atoms with E-state index in [1.165, 1.54) is 6.07 Å². The summed E-state index contributed by atoms with van der Waals surface area (Å²) in [4.78, 5) is 8.10. The van der Waals surface area contributed by atoms with E-state index in [4.69, 9.17) is 5.73 Å². The molecule has 2 N–H and O–H groups in total. The maximum Gasteiger partial charge on any atom is 0.201 e. The molecule has 1 aromatic carbocycles. The van der Waals surface area contributed by atoms with Crippen LogP contribution in [0.4, 0.5) is 10.3 Å². The Hall–Kier alpha value is -2.43. The van der Waals surface area contributed by atoms with Gasteiger partial charge in [-0.2, -0.15) is 0 Å². The fourth-order valence-electron chi connectivity index (χ4n) is 1.97. The van der Waals surface area contributed by atoms with Crippen LogP contribution in [0.1, 0.15) is 5.56 Å². The number of pyridine rings is 1. The van der Waals surface area contributed by atoms with Gasteiger partial charge in [-0.15, -0.1) is 0 Å². The SMILES string of the molecule is Nc1nc2c(F)cccc2n1Cc1cccnc1. The Labute approximate surface area is 103 Å². The molecule has 0 bridgehead atoms. The van der Waals surface area contributed by atoms with Gasteiger partial charge in [-0.3, -0.25) is 4.98 Å². The number of halogens is 1. The minimum atomic E-state index is -0.357. The highest BCUT2D eigenvalue weighted by Gasteiger charge is 2.11. The molecule has 0 saturated carbocycles. The van der Waals surface area contributed by atoms with Crippen LogP contribution >= 0.6 is 0 Å². The van der Waals surface area contributed by atoms with Crippen molar-refractivity contribution in [2.75, 3.05) is 5.73 Å². The molecule has 0 aliphatic carbocycles. The summed E-state index contributed by atoms with van der Waals surface area (Å²) in [6.45, 7) is 0.527. The van der Waals surface area contributed by atoms with E-state index in [-0.39, 0.29) is 5.82 Å². The van der Waals surface area contributed by atoms with Crippen LogP contribution in [-0.4, -0.2) is 14.5 Å². The highest BCUT2D eigenvalue weighted by atomic mass is 19.1. The topological polar surface area (TPSA) is 56.7 Å². The van der Waals surface area contributed by atoms with Crippen LogP contribution in [0.15, 0.2) is 42.7 Å². The van der Waals surface area contributed by atoms with E-state index in [1.54, 1.807) is 29.1 Å². The Kier molecular flexibility index (Phi) is 2.44. The highest BCUT2D eigenvalue weighted by Crippen LogP contribution is 2.21. The molecular formula is C13H11FN4. The summed E-state index contributed by atoms with van der Waals surface area (Å²) in [5.74, 6) is -0.0527. The molecule has 0 radical (unpaired) electrons. The van der Waals surface area contributed by atoms with Crippen molar-refractivity contribution in [2.45, 2.75) is 6.54 Å². The van der Waals surface area contributed by atoms with E-state index in [9.17, 15) is 4.39 Å². The van der Waals surface area contributed by atoms with E-state index < -0.39 is 0 Å². The van der Waals surface area contributed by atoms with Crippen LogP contribution in [0.25, 0.3) is 11.0 Å². The Morgan fingerprint density at radius 3 is 2.89 bits per heavy atom. The molecular weight excluding hydrogens is 231 g/mol. The Morgan fingerprint density at radius 2 is 2.11 bits per heavy atom. The average molecular weight is 242 g/mol. The molecule has 3 aromatic rings. The number of nitrogen functional groups attached to an aromatic ring is 1. The van der Waals surface area contributed by atoms with Crippen LogP contribution in [0.3, 0.4) is 0 Å². The summed E-state index contributed by atoms with van der Waals surface area (Å²) in [6, 6.07) is 8.63. The van der Waals surface area contributed by atoms with Gasteiger partial charge in [-0.25, -0.2) is 9.37 Å². The Balaban J connectivity index is 2.12. The van der Waals surface area contributed by atoms with Crippen molar-refractivity contribution in [1.82, 2.24) is 14.5 Å². The second-order valence-electron chi connectivity index (χ2n) is 4.02. The molecule has 3 rings (SSSR count). The van der Waals surface area contributed by atoms with Gasteiger partial charge < -0.3 is 10.3 Å². The lowest BCUT2D eigenvalue weighted by molar-refractivity contribution is 0.637. The number of rotatable bonds is 2. The standard InChI is InChI=1S/C13H11FN4/c14-10-4-1-5-11-12(10)17-13(15)18(11)8-9-3-2-6-16-7-9/h1-7H,8H2,(H2,15,17).